The zero-order chi connectivity index (χ0) is 14.9. The van der Waals surface area contributed by atoms with Crippen LogP contribution in [0, 0.1) is 6.92 Å². The minimum absolute atomic E-state index is 0.0740. The predicted molar refractivity (Wildman–Crippen MR) is 79.2 cm³/mol. The fourth-order valence-electron chi connectivity index (χ4n) is 1.73. The first-order valence-corrected chi connectivity index (χ1v) is 6.73. The molecule has 1 heterocycles. The van der Waals surface area contributed by atoms with Gasteiger partial charge in [0.15, 0.2) is 0 Å². The molecule has 0 radical (unpaired) electrons. The molecule has 0 aliphatic carbocycles. The number of aryl methyl sites for hydroxylation is 1. The molecule has 0 spiro atoms. The van der Waals surface area contributed by atoms with Crippen LogP contribution in [0.1, 0.15) is 21.9 Å². The topological polar surface area (TPSA) is 62.5 Å². The van der Waals surface area contributed by atoms with E-state index in [1.54, 1.807) is 25.1 Å². The summed E-state index contributed by atoms with van der Waals surface area (Å²) in [6, 6.07) is 4.77. The van der Waals surface area contributed by atoms with Gasteiger partial charge in [-0.3, -0.25) is 0 Å². The highest BCUT2D eigenvalue weighted by Gasteiger charge is 2.15. The van der Waals surface area contributed by atoms with Gasteiger partial charge in [-0.2, -0.15) is 0 Å². The number of hydrogen-bond acceptors (Lipinski definition) is 3. The van der Waals surface area contributed by atoms with Crippen molar-refractivity contribution in [3.05, 3.63) is 50.4 Å². The number of carboxylic acid groups (broad SMARTS) is 1. The van der Waals surface area contributed by atoms with Crippen LogP contribution < -0.4 is 5.32 Å². The van der Waals surface area contributed by atoms with E-state index in [1.807, 2.05) is 0 Å². The molecule has 0 unspecified atom stereocenters. The predicted octanol–water partition coefficient (Wildman–Crippen LogP) is 4.86. The summed E-state index contributed by atoms with van der Waals surface area (Å²) in [4.78, 5) is 10.9. The third-order valence-corrected chi connectivity index (χ3v) is 3.42. The van der Waals surface area contributed by atoms with E-state index in [0.717, 1.165) is 0 Å². The Bertz CT molecular complexity index is 644. The monoisotopic (exact) mass is 333 g/mol. The lowest BCUT2D eigenvalue weighted by molar-refractivity contribution is 0.0659. The molecule has 0 atom stereocenters. The Balaban J connectivity index is 2.17. The first kappa shape index (κ1) is 15.0. The molecule has 20 heavy (non-hydrogen) atoms. The van der Waals surface area contributed by atoms with Crippen LogP contribution >= 0.6 is 34.8 Å². The highest BCUT2D eigenvalue weighted by Crippen LogP contribution is 2.34. The maximum atomic E-state index is 10.9. The first-order chi connectivity index (χ1) is 9.38. The number of rotatable bonds is 4. The summed E-state index contributed by atoms with van der Waals surface area (Å²) in [5, 5.41) is 13.1. The average molecular weight is 335 g/mol. The molecular weight excluding hydrogens is 325 g/mol. The molecule has 0 saturated heterocycles. The second kappa shape index (κ2) is 5.95. The van der Waals surface area contributed by atoms with Crippen molar-refractivity contribution < 1.29 is 14.3 Å². The fourth-order valence-corrected chi connectivity index (χ4v) is 2.68. The molecule has 0 amide bonds. The lowest BCUT2D eigenvalue weighted by Crippen LogP contribution is -2.00. The summed E-state index contributed by atoms with van der Waals surface area (Å²) < 4.78 is 5.23. The molecule has 0 bridgehead atoms. The van der Waals surface area contributed by atoms with Gasteiger partial charge in [0.1, 0.15) is 5.76 Å². The van der Waals surface area contributed by atoms with Gasteiger partial charge in [-0.25, -0.2) is 4.79 Å². The van der Waals surface area contributed by atoms with Crippen LogP contribution in [0.15, 0.2) is 22.6 Å². The van der Waals surface area contributed by atoms with Gasteiger partial charge < -0.3 is 14.8 Å². The van der Waals surface area contributed by atoms with E-state index >= 15 is 0 Å². The molecular formula is C13H10Cl3NO3. The normalized spacial score (nSPS) is 10.6. The lowest BCUT2D eigenvalue weighted by Gasteiger charge is -2.09. The minimum atomic E-state index is -1.10. The molecule has 0 aliphatic heterocycles. The van der Waals surface area contributed by atoms with Gasteiger partial charge in [-0.15, -0.1) is 0 Å². The van der Waals surface area contributed by atoms with Crippen molar-refractivity contribution in [3.8, 4) is 0 Å². The number of nitrogens with one attached hydrogen (secondary N) is 1. The number of carboxylic acids is 1. The standard InChI is InChI=1S/C13H10Cl3NO3/c1-6-2-8(20-12(6)13(18)19)5-17-11-9(15)3-7(14)4-10(11)16/h2-4,17H,5H2,1H3,(H,18,19). The molecule has 0 saturated carbocycles. The molecule has 2 N–H and O–H groups in total. The van der Waals surface area contributed by atoms with E-state index in [0.29, 0.717) is 32.1 Å². The van der Waals surface area contributed by atoms with E-state index < -0.39 is 5.97 Å². The van der Waals surface area contributed by atoms with Crippen molar-refractivity contribution in [2.45, 2.75) is 13.5 Å². The quantitative estimate of drug-likeness (QED) is 0.838. The molecule has 7 heteroatoms. The Morgan fingerprint density at radius 1 is 1.25 bits per heavy atom. The highest BCUT2D eigenvalue weighted by molar-refractivity contribution is 6.41. The second-order valence-corrected chi connectivity index (χ2v) is 5.38. The Hall–Kier alpha value is -1.36. The van der Waals surface area contributed by atoms with Gasteiger partial charge in [0, 0.05) is 10.6 Å². The SMILES string of the molecule is Cc1cc(CNc2c(Cl)cc(Cl)cc2Cl)oc1C(=O)O. The summed E-state index contributed by atoms with van der Waals surface area (Å²) in [7, 11) is 0. The van der Waals surface area contributed by atoms with Gasteiger partial charge in [0.2, 0.25) is 5.76 Å². The fraction of sp³-hybridized carbons (Fsp3) is 0.154. The lowest BCUT2D eigenvalue weighted by atomic mass is 10.2. The Kier molecular flexibility index (Phi) is 4.48. The highest BCUT2D eigenvalue weighted by atomic mass is 35.5. The smallest absolute Gasteiger partial charge is 0.372 e. The van der Waals surface area contributed by atoms with Gasteiger partial charge in [0.05, 0.1) is 22.3 Å². The number of hydrogen-bond donors (Lipinski definition) is 2. The summed E-state index contributed by atoms with van der Waals surface area (Å²) in [5.74, 6) is -0.701. The van der Waals surface area contributed by atoms with E-state index in [4.69, 9.17) is 44.3 Å². The van der Waals surface area contributed by atoms with Crippen LogP contribution in [-0.2, 0) is 6.54 Å². The number of aromatic carboxylic acids is 1. The molecule has 2 rings (SSSR count). The summed E-state index contributed by atoms with van der Waals surface area (Å²) in [5.41, 5.74) is 1.08. The molecule has 1 aromatic carbocycles. The van der Waals surface area contributed by atoms with Gasteiger partial charge >= 0.3 is 5.97 Å². The molecule has 4 nitrogen and oxygen atoms in total. The number of furan rings is 1. The van der Waals surface area contributed by atoms with Gasteiger partial charge in [0.25, 0.3) is 0 Å². The Labute approximate surface area is 130 Å². The number of anilines is 1. The number of halogens is 3. The van der Waals surface area contributed by atoms with Crippen molar-refractivity contribution in [2.75, 3.05) is 5.32 Å². The summed E-state index contributed by atoms with van der Waals surface area (Å²) in [6.07, 6.45) is 0. The average Bonchev–Trinajstić information content (AvgIpc) is 2.69. The van der Waals surface area contributed by atoms with Crippen LogP contribution in [0.4, 0.5) is 5.69 Å². The van der Waals surface area contributed by atoms with Gasteiger partial charge in [-0.05, 0) is 25.1 Å². The summed E-state index contributed by atoms with van der Waals surface area (Å²) >= 11 is 17.9. The second-order valence-electron chi connectivity index (χ2n) is 4.13. The van der Waals surface area contributed by atoms with Crippen LogP contribution in [0.5, 0.6) is 0 Å². The van der Waals surface area contributed by atoms with Crippen molar-refractivity contribution in [3.63, 3.8) is 0 Å². The largest absolute Gasteiger partial charge is 0.475 e. The first-order valence-electron chi connectivity index (χ1n) is 5.59. The van der Waals surface area contributed by atoms with Crippen molar-refractivity contribution in [2.24, 2.45) is 0 Å². The number of carbonyl (C=O) groups is 1. The van der Waals surface area contributed by atoms with E-state index in [9.17, 15) is 4.79 Å². The maximum absolute atomic E-state index is 10.9. The zero-order valence-electron chi connectivity index (χ0n) is 10.3. The molecule has 1 aromatic heterocycles. The Morgan fingerprint density at radius 2 is 1.85 bits per heavy atom. The molecule has 0 aliphatic rings. The van der Waals surface area contributed by atoms with Crippen LogP contribution in [0.3, 0.4) is 0 Å². The number of benzene rings is 1. The van der Waals surface area contributed by atoms with E-state index in [1.165, 1.54) is 0 Å². The molecule has 0 fully saturated rings. The Morgan fingerprint density at radius 3 is 2.35 bits per heavy atom. The van der Waals surface area contributed by atoms with Gasteiger partial charge in [-0.1, -0.05) is 34.8 Å². The van der Waals surface area contributed by atoms with E-state index in [2.05, 4.69) is 5.32 Å². The molecule has 106 valence electrons. The van der Waals surface area contributed by atoms with Crippen LogP contribution in [-0.4, -0.2) is 11.1 Å². The maximum Gasteiger partial charge on any atom is 0.372 e. The summed E-state index contributed by atoms with van der Waals surface area (Å²) in [6.45, 7) is 1.92. The molecule has 2 aromatic rings. The van der Waals surface area contributed by atoms with Crippen molar-refractivity contribution in [1.82, 2.24) is 0 Å². The zero-order valence-corrected chi connectivity index (χ0v) is 12.6. The van der Waals surface area contributed by atoms with Crippen molar-refractivity contribution in [1.29, 1.82) is 0 Å². The third kappa shape index (κ3) is 3.20. The van der Waals surface area contributed by atoms with Crippen molar-refractivity contribution >= 4 is 46.5 Å². The third-order valence-electron chi connectivity index (χ3n) is 2.61. The van der Waals surface area contributed by atoms with Crippen LogP contribution in [0.25, 0.3) is 0 Å². The van der Waals surface area contributed by atoms with Crippen LogP contribution in [0.2, 0.25) is 15.1 Å². The minimum Gasteiger partial charge on any atom is -0.475 e. The van der Waals surface area contributed by atoms with E-state index in [-0.39, 0.29) is 12.3 Å².